The van der Waals surface area contributed by atoms with E-state index >= 15 is 0 Å². The largest absolute Gasteiger partial charge is 0.321 e. The maximum absolute atomic E-state index is 4.76. The molecule has 0 spiro atoms. The van der Waals surface area contributed by atoms with E-state index in [4.69, 9.17) is 5.73 Å². The Kier molecular flexibility index (Phi) is 19.9. The van der Waals surface area contributed by atoms with Gasteiger partial charge in [-0.25, -0.2) is 0 Å². The van der Waals surface area contributed by atoms with Gasteiger partial charge in [-0.3, -0.25) is 0 Å². The van der Waals surface area contributed by atoms with Crippen molar-refractivity contribution in [2.45, 2.75) is 0 Å². The predicted molar refractivity (Wildman–Crippen MR) is 18.0 cm³/mol. The van der Waals surface area contributed by atoms with Crippen LogP contribution in [-0.4, -0.2) is 5.45 Å². The van der Waals surface area contributed by atoms with E-state index < -0.39 is 0 Å². The Morgan fingerprint density at radius 2 is 1.75 bits per heavy atom. The van der Waals surface area contributed by atoms with Crippen molar-refractivity contribution in [2.75, 3.05) is 5.45 Å². The van der Waals surface area contributed by atoms with E-state index in [1.165, 1.54) is 0 Å². The number of halogens is 1. The van der Waals surface area contributed by atoms with Gasteiger partial charge in [-0.05, 0) is 0 Å². The SMILES string of the molecule is NCBr.[Ag]. The van der Waals surface area contributed by atoms with E-state index in [0.717, 1.165) is 0 Å². The number of hydrogen-bond donors (Lipinski definition) is 1. The molecule has 0 aliphatic rings. The van der Waals surface area contributed by atoms with Gasteiger partial charge in [0.2, 0.25) is 0 Å². The molecule has 1 radical (unpaired) electrons. The number of rotatable bonds is 0. The van der Waals surface area contributed by atoms with Gasteiger partial charge in [0.25, 0.3) is 0 Å². The van der Waals surface area contributed by atoms with Gasteiger partial charge in [0.05, 0.1) is 0 Å². The smallest absolute Gasteiger partial charge is 0.0492 e. The molecule has 31 valence electrons. The van der Waals surface area contributed by atoms with E-state index in [1.54, 1.807) is 0 Å². The average Bonchev–Trinajstić information content (AvgIpc) is 0.918. The third-order valence-electron chi connectivity index (χ3n) is 0. The maximum atomic E-state index is 4.76. The summed E-state index contributed by atoms with van der Waals surface area (Å²) in [5, 5.41) is 0. The minimum Gasteiger partial charge on any atom is -0.321 e. The monoisotopic (exact) mass is 216 g/mol. The van der Waals surface area contributed by atoms with Crippen LogP contribution in [-0.2, 0) is 22.4 Å². The summed E-state index contributed by atoms with van der Waals surface area (Å²) in [6.45, 7) is 0. The van der Waals surface area contributed by atoms with Crippen LogP contribution >= 0.6 is 15.9 Å². The summed E-state index contributed by atoms with van der Waals surface area (Å²) < 4.78 is 0. The number of nitrogens with two attached hydrogens (primary N) is 1. The first-order chi connectivity index (χ1) is 1.41. The van der Waals surface area contributed by atoms with Gasteiger partial charge in [0.15, 0.2) is 0 Å². The molecule has 0 heterocycles. The number of alkyl halides is 1. The zero-order valence-electron chi connectivity index (χ0n) is 1.96. The standard InChI is InChI=1S/CH4BrN.Ag/c2-1-3;/h1,3H2;. The van der Waals surface area contributed by atoms with Crippen molar-refractivity contribution in [1.29, 1.82) is 0 Å². The van der Waals surface area contributed by atoms with Crippen molar-refractivity contribution in [1.82, 2.24) is 0 Å². The summed E-state index contributed by atoms with van der Waals surface area (Å²) in [6.07, 6.45) is 0. The molecule has 0 atom stereocenters. The molecule has 0 amide bonds. The van der Waals surface area contributed by atoms with Gasteiger partial charge in [-0.1, -0.05) is 15.9 Å². The average molecular weight is 218 g/mol. The third kappa shape index (κ3) is 10.9. The van der Waals surface area contributed by atoms with Crippen LogP contribution in [0.15, 0.2) is 0 Å². The molecule has 0 aromatic heterocycles. The molecule has 0 saturated heterocycles. The molecule has 0 aromatic rings. The van der Waals surface area contributed by atoms with Crippen LogP contribution in [0.2, 0.25) is 0 Å². The van der Waals surface area contributed by atoms with Crippen LogP contribution in [0, 0.1) is 0 Å². The van der Waals surface area contributed by atoms with Crippen molar-refractivity contribution in [3.63, 3.8) is 0 Å². The molecule has 1 nitrogen and oxygen atoms in total. The molecule has 0 bridgehead atoms. The maximum Gasteiger partial charge on any atom is 0.0492 e. The van der Waals surface area contributed by atoms with E-state index in [1.807, 2.05) is 0 Å². The van der Waals surface area contributed by atoms with Crippen LogP contribution in [0.1, 0.15) is 0 Å². The van der Waals surface area contributed by atoms with Crippen LogP contribution in [0.3, 0.4) is 0 Å². The molecular formula is CH4AgBrN. The molecule has 0 aliphatic heterocycles. The molecule has 0 saturated carbocycles. The van der Waals surface area contributed by atoms with Crippen molar-refractivity contribution in [3.8, 4) is 0 Å². The molecule has 4 heavy (non-hydrogen) atoms. The Morgan fingerprint density at radius 3 is 1.75 bits per heavy atom. The fourth-order valence-electron chi connectivity index (χ4n) is 0. The summed E-state index contributed by atoms with van der Waals surface area (Å²) in [7, 11) is 0. The normalized spacial score (nSPS) is 4.50. The first-order valence-electron chi connectivity index (χ1n) is 0.676. The molecule has 0 aliphatic carbocycles. The Labute approximate surface area is 49.6 Å². The molecule has 0 aromatic carbocycles. The molecular weight excluding hydrogens is 214 g/mol. The Morgan fingerprint density at radius 1 is 1.75 bits per heavy atom. The Hall–Kier alpha value is 1.18. The van der Waals surface area contributed by atoms with Crippen LogP contribution < -0.4 is 5.73 Å². The van der Waals surface area contributed by atoms with Gasteiger partial charge in [0.1, 0.15) is 0 Å². The fourth-order valence-corrected chi connectivity index (χ4v) is 0. The van der Waals surface area contributed by atoms with E-state index in [2.05, 4.69) is 15.9 Å². The van der Waals surface area contributed by atoms with Crippen molar-refractivity contribution >= 4 is 15.9 Å². The summed E-state index contributed by atoms with van der Waals surface area (Å²) in [6, 6.07) is 0. The van der Waals surface area contributed by atoms with Gasteiger partial charge in [-0.15, -0.1) is 0 Å². The molecule has 3 heteroatoms. The van der Waals surface area contributed by atoms with Crippen LogP contribution in [0.25, 0.3) is 0 Å². The Balaban J connectivity index is 0. The van der Waals surface area contributed by atoms with Crippen molar-refractivity contribution in [2.24, 2.45) is 5.73 Å². The molecule has 0 rings (SSSR count). The van der Waals surface area contributed by atoms with Crippen LogP contribution in [0.4, 0.5) is 0 Å². The zero-order valence-corrected chi connectivity index (χ0v) is 5.03. The fraction of sp³-hybridized carbons (Fsp3) is 1.00. The van der Waals surface area contributed by atoms with Gasteiger partial charge in [-0.2, -0.15) is 0 Å². The zero-order chi connectivity index (χ0) is 2.71. The van der Waals surface area contributed by atoms with Crippen molar-refractivity contribution in [3.05, 3.63) is 0 Å². The summed E-state index contributed by atoms with van der Waals surface area (Å²) in [5.74, 6) is 0. The summed E-state index contributed by atoms with van der Waals surface area (Å²) in [5.41, 5.74) is 5.33. The molecule has 0 unspecified atom stereocenters. The van der Waals surface area contributed by atoms with Gasteiger partial charge >= 0.3 is 0 Å². The second kappa shape index (κ2) is 8.89. The second-order valence-corrected chi connectivity index (χ2v) is 0.802. The third-order valence-corrected chi connectivity index (χ3v) is 0. The van der Waals surface area contributed by atoms with E-state index in [-0.39, 0.29) is 22.4 Å². The van der Waals surface area contributed by atoms with Gasteiger partial charge in [0, 0.05) is 27.8 Å². The summed E-state index contributed by atoms with van der Waals surface area (Å²) in [4.78, 5) is 0. The number of hydrogen-bond acceptors (Lipinski definition) is 1. The molecule has 2 N–H and O–H groups in total. The van der Waals surface area contributed by atoms with Gasteiger partial charge < -0.3 is 5.73 Å². The second-order valence-electron chi connectivity index (χ2n) is 0.154. The quantitative estimate of drug-likeness (QED) is 0.353. The van der Waals surface area contributed by atoms with E-state index in [9.17, 15) is 0 Å². The van der Waals surface area contributed by atoms with Crippen LogP contribution in [0.5, 0.6) is 0 Å². The minimum atomic E-state index is 0. The first kappa shape index (κ1) is 8.95. The minimum absolute atomic E-state index is 0. The molecule has 0 fully saturated rings. The topological polar surface area (TPSA) is 26.0 Å². The van der Waals surface area contributed by atoms with Crippen molar-refractivity contribution < 1.29 is 22.4 Å². The van der Waals surface area contributed by atoms with E-state index in [0.29, 0.717) is 5.45 Å². The Bertz CT molecular complexity index is 8.00. The first-order valence-corrected chi connectivity index (χ1v) is 1.80. The summed E-state index contributed by atoms with van der Waals surface area (Å²) >= 11 is 2.92. The predicted octanol–water partition coefficient (Wildman–Crippen LogP) is 0.295.